The third-order valence-electron chi connectivity index (χ3n) is 10.3. The lowest BCUT2D eigenvalue weighted by Gasteiger charge is -2.33. The SMILES string of the molecule is CN1C(c2cc3ccccc3c3ccccc23)=NC(c2cc3ccccc3c3ccccc23)=NC1c1ccc(-c2nccc3ccccc23)cc1. The van der Waals surface area contributed by atoms with Crippen molar-refractivity contribution >= 4 is 65.5 Å². The monoisotopic (exact) mass is 652 g/mol. The highest BCUT2D eigenvalue weighted by molar-refractivity contribution is 6.25. The molecule has 0 N–H and O–H groups in total. The van der Waals surface area contributed by atoms with Crippen molar-refractivity contribution in [2.75, 3.05) is 7.05 Å². The van der Waals surface area contributed by atoms with Crippen LogP contribution in [0.15, 0.2) is 180 Å². The van der Waals surface area contributed by atoms with Gasteiger partial charge in [-0.1, -0.05) is 146 Å². The van der Waals surface area contributed by atoms with Crippen LogP contribution in [-0.2, 0) is 0 Å². The Balaban J connectivity index is 1.19. The van der Waals surface area contributed by atoms with Gasteiger partial charge in [0, 0.05) is 35.3 Å². The number of rotatable bonds is 4. The minimum absolute atomic E-state index is 0.308. The summed E-state index contributed by atoms with van der Waals surface area (Å²) >= 11 is 0. The van der Waals surface area contributed by atoms with E-state index in [9.17, 15) is 0 Å². The molecule has 0 amide bonds. The molecule has 1 aliphatic rings. The van der Waals surface area contributed by atoms with E-state index in [0.717, 1.165) is 50.4 Å². The molecule has 0 radical (unpaired) electrons. The lowest BCUT2D eigenvalue weighted by Crippen LogP contribution is -2.35. The molecule has 1 atom stereocenters. The molecule has 0 saturated carbocycles. The summed E-state index contributed by atoms with van der Waals surface area (Å²) in [5, 5.41) is 11.9. The van der Waals surface area contributed by atoms with Crippen LogP contribution in [-0.4, -0.2) is 28.6 Å². The summed E-state index contributed by atoms with van der Waals surface area (Å²) in [6.45, 7) is 0. The molecule has 240 valence electrons. The molecule has 4 nitrogen and oxygen atoms in total. The zero-order chi connectivity index (χ0) is 33.9. The molecule has 0 saturated heterocycles. The molecule has 1 aliphatic heterocycles. The standard InChI is InChI=1S/C47H32N4/c1-51-46(32-24-22-31(23-25-32)44-37-17-7-2-12-30(37)26-27-48-44)49-45(42-28-33-13-3-5-15-35(33)38-18-8-10-20-40(38)42)50-47(51)43-29-34-14-4-6-16-36(34)39-19-9-11-21-41(39)43/h2-29,46H,1H3. The van der Waals surface area contributed by atoms with Crippen molar-refractivity contribution in [3.05, 3.63) is 187 Å². The van der Waals surface area contributed by atoms with Gasteiger partial charge >= 0.3 is 0 Å². The van der Waals surface area contributed by atoms with Crippen LogP contribution in [0.2, 0.25) is 0 Å². The molecule has 51 heavy (non-hydrogen) atoms. The normalized spacial score (nSPS) is 14.8. The van der Waals surface area contributed by atoms with Crippen LogP contribution in [0.3, 0.4) is 0 Å². The predicted octanol–water partition coefficient (Wildman–Crippen LogP) is 11.4. The fourth-order valence-electron chi connectivity index (χ4n) is 7.85. The number of aliphatic imine (C=N–C) groups is 2. The molecule has 4 heteroatoms. The number of fused-ring (bicyclic) bond motifs is 7. The molecule has 0 aliphatic carbocycles. The van der Waals surface area contributed by atoms with Gasteiger partial charge in [0.25, 0.3) is 0 Å². The second-order valence-corrected chi connectivity index (χ2v) is 13.3. The first-order valence-electron chi connectivity index (χ1n) is 17.4. The number of amidine groups is 2. The number of hydrogen-bond donors (Lipinski definition) is 0. The molecule has 0 bridgehead atoms. The van der Waals surface area contributed by atoms with E-state index in [0.29, 0.717) is 0 Å². The zero-order valence-electron chi connectivity index (χ0n) is 28.0. The smallest absolute Gasteiger partial charge is 0.160 e. The van der Waals surface area contributed by atoms with E-state index in [-0.39, 0.29) is 6.17 Å². The molecule has 2 heterocycles. The highest BCUT2D eigenvalue weighted by atomic mass is 15.3. The molecular formula is C47H32N4. The average Bonchev–Trinajstić information content (AvgIpc) is 3.20. The maximum atomic E-state index is 5.47. The summed E-state index contributed by atoms with van der Waals surface area (Å²) < 4.78 is 0. The fraction of sp³-hybridized carbons (Fsp3) is 0.0426. The van der Waals surface area contributed by atoms with E-state index in [1.165, 1.54) is 43.1 Å². The number of benzene rings is 8. The van der Waals surface area contributed by atoms with E-state index < -0.39 is 0 Å². The Labute approximate surface area is 295 Å². The van der Waals surface area contributed by atoms with Crippen LogP contribution in [0, 0.1) is 0 Å². The van der Waals surface area contributed by atoms with Gasteiger partial charge in [0.05, 0.1) is 5.69 Å². The number of hydrogen-bond acceptors (Lipinski definition) is 4. The Hall–Kier alpha value is -6.65. The molecule has 10 rings (SSSR count). The molecule has 1 aromatic heterocycles. The first kappa shape index (κ1) is 29.3. The van der Waals surface area contributed by atoms with E-state index in [4.69, 9.17) is 15.0 Å². The van der Waals surface area contributed by atoms with Crippen molar-refractivity contribution in [3.8, 4) is 11.3 Å². The van der Waals surface area contributed by atoms with Gasteiger partial charge in [-0.15, -0.1) is 0 Å². The molecule has 9 aromatic rings. The summed E-state index contributed by atoms with van der Waals surface area (Å²) in [6, 6.07) is 58.3. The van der Waals surface area contributed by atoms with Gasteiger partial charge in [0.15, 0.2) is 5.84 Å². The van der Waals surface area contributed by atoms with Crippen molar-refractivity contribution in [2.24, 2.45) is 9.98 Å². The Kier molecular flexibility index (Phi) is 6.75. The zero-order valence-corrected chi connectivity index (χ0v) is 28.0. The topological polar surface area (TPSA) is 40.9 Å². The summed E-state index contributed by atoms with van der Waals surface area (Å²) in [5.41, 5.74) is 5.26. The highest BCUT2D eigenvalue weighted by Crippen LogP contribution is 2.37. The highest BCUT2D eigenvalue weighted by Gasteiger charge is 2.29. The van der Waals surface area contributed by atoms with Gasteiger partial charge in [0.1, 0.15) is 12.0 Å². The second-order valence-electron chi connectivity index (χ2n) is 13.3. The predicted molar refractivity (Wildman–Crippen MR) is 214 cm³/mol. The maximum Gasteiger partial charge on any atom is 0.160 e. The molecule has 8 aromatic carbocycles. The van der Waals surface area contributed by atoms with Crippen LogP contribution < -0.4 is 0 Å². The van der Waals surface area contributed by atoms with Gasteiger partial charge in [-0.05, 0) is 72.2 Å². The number of pyridine rings is 1. The largest absolute Gasteiger partial charge is 0.333 e. The third kappa shape index (κ3) is 4.79. The summed E-state index contributed by atoms with van der Waals surface area (Å²) in [6.07, 6.45) is 1.58. The quantitative estimate of drug-likeness (QED) is 0.178. The minimum atomic E-state index is -0.308. The van der Waals surface area contributed by atoms with E-state index >= 15 is 0 Å². The Morgan fingerprint density at radius 3 is 1.63 bits per heavy atom. The molecule has 1 unspecified atom stereocenters. The van der Waals surface area contributed by atoms with Crippen molar-refractivity contribution in [3.63, 3.8) is 0 Å². The first-order valence-corrected chi connectivity index (χ1v) is 17.4. The number of aromatic nitrogens is 1. The lowest BCUT2D eigenvalue weighted by molar-refractivity contribution is 0.383. The van der Waals surface area contributed by atoms with Crippen LogP contribution in [0.4, 0.5) is 0 Å². The Bertz CT molecular complexity index is 2880. The Morgan fingerprint density at radius 2 is 0.980 bits per heavy atom. The van der Waals surface area contributed by atoms with E-state index in [1.807, 2.05) is 6.20 Å². The summed E-state index contributed by atoms with van der Waals surface area (Å²) in [5.74, 6) is 1.62. The molecule has 0 spiro atoms. The van der Waals surface area contributed by atoms with Crippen molar-refractivity contribution in [2.45, 2.75) is 6.17 Å². The van der Waals surface area contributed by atoms with Crippen molar-refractivity contribution < 1.29 is 0 Å². The summed E-state index contributed by atoms with van der Waals surface area (Å²) in [7, 11) is 2.12. The average molecular weight is 653 g/mol. The Morgan fingerprint density at radius 1 is 0.471 bits per heavy atom. The van der Waals surface area contributed by atoms with Gasteiger partial charge in [0.2, 0.25) is 0 Å². The van der Waals surface area contributed by atoms with E-state index in [1.54, 1.807) is 0 Å². The van der Waals surface area contributed by atoms with Crippen LogP contribution in [0.25, 0.3) is 65.1 Å². The minimum Gasteiger partial charge on any atom is -0.333 e. The molecular weight excluding hydrogens is 621 g/mol. The van der Waals surface area contributed by atoms with Gasteiger partial charge in [-0.2, -0.15) is 0 Å². The van der Waals surface area contributed by atoms with Gasteiger partial charge < -0.3 is 4.90 Å². The van der Waals surface area contributed by atoms with Crippen LogP contribution >= 0.6 is 0 Å². The second kappa shape index (κ2) is 11.7. The van der Waals surface area contributed by atoms with Gasteiger partial charge in [-0.3, -0.25) is 4.98 Å². The van der Waals surface area contributed by atoms with Gasteiger partial charge in [-0.25, -0.2) is 9.98 Å². The van der Waals surface area contributed by atoms with Crippen LogP contribution in [0.5, 0.6) is 0 Å². The van der Waals surface area contributed by atoms with E-state index in [2.05, 4.69) is 176 Å². The number of nitrogens with zero attached hydrogens (tertiary/aromatic N) is 4. The van der Waals surface area contributed by atoms with Crippen molar-refractivity contribution in [1.82, 2.24) is 9.88 Å². The van der Waals surface area contributed by atoms with Crippen LogP contribution in [0.1, 0.15) is 22.9 Å². The third-order valence-corrected chi connectivity index (χ3v) is 10.3. The fourth-order valence-corrected chi connectivity index (χ4v) is 7.85. The maximum absolute atomic E-state index is 5.47. The molecule has 0 fully saturated rings. The first-order chi connectivity index (χ1) is 25.2. The van der Waals surface area contributed by atoms with Crippen molar-refractivity contribution in [1.29, 1.82) is 0 Å². The summed E-state index contributed by atoms with van der Waals surface area (Å²) in [4.78, 5) is 18.0. The lowest BCUT2D eigenvalue weighted by atomic mass is 9.94.